The summed E-state index contributed by atoms with van der Waals surface area (Å²) in [6.45, 7) is 8.06. The van der Waals surface area contributed by atoms with Crippen molar-refractivity contribution < 1.29 is 19.1 Å². The van der Waals surface area contributed by atoms with Crippen LogP contribution in [0.4, 0.5) is 5.82 Å². The number of carboxylic acids is 1. The first kappa shape index (κ1) is 24.8. The number of aromatic carboxylic acids is 1. The van der Waals surface area contributed by atoms with Gasteiger partial charge in [0.05, 0.1) is 5.69 Å². The highest BCUT2D eigenvalue weighted by Crippen LogP contribution is 2.35. The lowest BCUT2D eigenvalue weighted by molar-refractivity contribution is -0.124. The highest BCUT2D eigenvalue weighted by molar-refractivity contribution is 6.01. The second-order valence-corrected chi connectivity index (χ2v) is 10.5. The lowest BCUT2D eigenvalue weighted by atomic mass is 9.82. The van der Waals surface area contributed by atoms with Crippen LogP contribution in [0.2, 0.25) is 0 Å². The molecule has 1 saturated carbocycles. The van der Waals surface area contributed by atoms with Crippen LogP contribution in [-0.2, 0) is 4.79 Å². The van der Waals surface area contributed by atoms with Gasteiger partial charge in [-0.3, -0.25) is 9.69 Å². The van der Waals surface area contributed by atoms with Crippen molar-refractivity contribution in [1.82, 2.24) is 9.78 Å². The topological polar surface area (TPSA) is 88.6 Å². The zero-order chi connectivity index (χ0) is 26.3. The lowest BCUT2D eigenvalue weighted by Crippen LogP contribution is -2.43. The van der Waals surface area contributed by atoms with Crippen LogP contribution in [0.3, 0.4) is 0 Å². The molecule has 2 heterocycles. The molecule has 0 unspecified atom stereocenters. The van der Waals surface area contributed by atoms with Gasteiger partial charge in [-0.25, -0.2) is 9.48 Å². The number of nitrogens with zero attached hydrogens (tertiary/aromatic N) is 3. The first-order valence-corrected chi connectivity index (χ1v) is 13.0. The minimum atomic E-state index is -1.11. The molecule has 0 spiro atoms. The van der Waals surface area contributed by atoms with E-state index in [-0.39, 0.29) is 29.2 Å². The van der Waals surface area contributed by atoms with Crippen LogP contribution in [0.5, 0.6) is 0 Å². The zero-order valence-corrected chi connectivity index (χ0v) is 21.8. The number of aromatic nitrogens is 2. The third-order valence-corrected chi connectivity index (χ3v) is 7.51. The number of hydrogen-bond donors (Lipinski definition) is 1. The second kappa shape index (κ2) is 9.88. The average molecular weight is 500 g/mol. The Morgan fingerprint density at radius 1 is 1.05 bits per heavy atom. The van der Waals surface area contributed by atoms with Crippen LogP contribution in [0, 0.1) is 18.8 Å². The summed E-state index contributed by atoms with van der Waals surface area (Å²) in [5.41, 5.74) is 3.56. The molecular formula is C30H33N3O4. The van der Waals surface area contributed by atoms with E-state index in [0.717, 1.165) is 53.5 Å². The summed E-state index contributed by atoms with van der Waals surface area (Å²) < 4.78 is 7.63. The van der Waals surface area contributed by atoms with Crippen molar-refractivity contribution >= 4 is 28.7 Å². The molecule has 5 rings (SSSR count). The molecule has 1 aliphatic rings. The van der Waals surface area contributed by atoms with Crippen molar-refractivity contribution in [2.24, 2.45) is 11.8 Å². The maximum atomic E-state index is 13.5. The molecule has 0 bridgehead atoms. The third-order valence-electron chi connectivity index (χ3n) is 7.51. The van der Waals surface area contributed by atoms with E-state index >= 15 is 0 Å². The summed E-state index contributed by atoms with van der Waals surface area (Å²) in [5.74, 6) is 0.382. The van der Waals surface area contributed by atoms with E-state index in [1.165, 1.54) is 6.20 Å². The molecule has 4 aromatic rings. The number of fused-ring (bicyclic) bond motifs is 1. The van der Waals surface area contributed by atoms with Crippen molar-refractivity contribution in [3.8, 4) is 17.0 Å². The quantitative estimate of drug-likeness (QED) is 0.313. The second-order valence-electron chi connectivity index (χ2n) is 10.5. The Morgan fingerprint density at radius 3 is 2.35 bits per heavy atom. The Bertz CT molecular complexity index is 1440. The molecule has 7 nitrogen and oxygen atoms in total. The van der Waals surface area contributed by atoms with Gasteiger partial charge < -0.3 is 9.52 Å². The van der Waals surface area contributed by atoms with E-state index in [0.29, 0.717) is 11.6 Å². The molecule has 192 valence electrons. The molecule has 37 heavy (non-hydrogen) atoms. The number of rotatable bonds is 6. The van der Waals surface area contributed by atoms with Gasteiger partial charge in [-0.1, -0.05) is 25.1 Å². The SMILES string of the molecule is Cc1c(-c2ccc(-n3cc(C(=O)O)c(N(C(=O)[C@H]4CC[C@H](C)CC4)C(C)C)n3)cc2)oc2ccccc12. The van der Waals surface area contributed by atoms with Gasteiger partial charge in [0.2, 0.25) is 5.91 Å². The summed E-state index contributed by atoms with van der Waals surface area (Å²) >= 11 is 0. The Hall–Kier alpha value is -3.87. The highest BCUT2D eigenvalue weighted by atomic mass is 16.4. The fourth-order valence-corrected chi connectivity index (χ4v) is 5.35. The summed E-state index contributed by atoms with van der Waals surface area (Å²) in [4.78, 5) is 27.3. The van der Waals surface area contributed by atoms with Crippen molar-refractivity contribution in [3.63, 3.8) is 0 Å². The largest absolute Gasteiger partial charge is 0.477 e. The van der Waals surface area contributed by atoms with Crippen LogP contribution in [0.1, 0.15) is 62.4 Å². The Balaban J connectivity index is 1.48. The molecular weight excluding hydrogens is 466 g/mol. The predicted octanol–water partition coefficient (Wildman–Crippen LogP) is 6.86. The number of para-hydroxylation sites is 1. The number of aryl methyl sites for hydroxylation is 1. The molecule has 1 N–H and O–H groups in total. The van der Waals surface area contributed by atoms with Gasteiger partial charge in [0.25, 0.3) is 0 Å². The Kier molecular flexibility index (Phi) is 6.63. The van der Waals surface area contributed by atoms with Gasteiger partial charge >= 0.3 is 5.97 Å². The van der Waals surface area contributed by atoms with Crippen molar-refractivity contribution in [2.45, 2.75) is 59.4 Å². The Morgan fingerprint density at radius 2 is 1.73 bits per heavy atom. The first-order chi connectivity index (χ1) is 17.7. The number of carboxylic acid groups (broad SMARTS) is 1. The highest BCUT2D eigenvalue weighted by Gasteiger charge is 2.34. The van der Waals surface area contributed by atoms with E-state index in [9.17, 15) is 14.7 Å². The molecule has 0 atom stereocenters. The molecule has 1 fully saturated rings. The molecule has 1 amide bonds. The van der Waals surface area contributed by atoms with Gasteiger partial charge in [-0.2, -0.15) is 0 Å². The van der Waals surface area contributed by atoms with Gasteiger partial charge in [0.15, 0.2) is 5.82 Å². The van der Waals surface area contributed by atoms with Crippen LogP contribution < -0.4 is 4.90 Å². The summed E-state index contributed by atoms with van der Waals surface area (Å²) in [5, 5.41) is 15.7. The lowest BCUT2D eigenvalue weighted by Gasteiger charge is -2.32. The van der Waals surface area contributed by atoms with E-state index in [2.05, 4.69) is 12.0 Å². The van der Waals surface area contributed by atoms with E-state index in [1.807, 2.05) is 69.3 Å². The number of furan rings is 1. The van der Waals surface area contributed by atoms with Gasteiger partial charge in [-0.15, -0.1) is 5.10 Å². The van der Waals surface area contributed by atoms with Crippen LogP contribution in [0.25, 0.3) is 28.0 Å². The van der Waals surface area contributed by atoms with Crippen molar-refractivity contribution in [3.05, 3.63) is 65.9 Å². The minimum Gasteiger partial charge on any atom is -0.477 e. The molecule has 0 saturated heterocycles. The summed E-state index contributed by atoms with van der Waals surface area (Å²) in [7, 11) is 0. The Labute approximate surface area is 216 Å². The molecule has 1 aliphatic carbocycles. The molecule has 0 radical (unpaired) electrons. The third kappa shape index (κ3) is 4.66. The van der Waals surface area contributed by atoms with E-state index in [4.69, 9.17) is 4.42 Å². The predicted molar refractivity (Wildman–Crippen MR) is 144 cm³/mol. The maximum absolute atomic E-state index is 13.5. The number of carbonyl (C=O) groups is 2. The fraction of sp³-hybridized carbons (Fsp3) is 0.367. The standard InChI is InChI=1S/C30H33N3O4/c1-18(2)33(29(34)22-11-9-19(3)10-12-22)28-25(30(35)36)17-32(31-28)23-15-13-21(14-16-23)27-20(4)24-7-5-6-8-26(24)37-27/h5-8,13-19,22H,9-12H2,1-4H3,(H,35,36)/t19-,22-. The number of amides is 1. The maximum Gasteiger partial charge on any atom is 0.341 e. The monoisotopic (exact) mass is 499 g/mol. The van der Waals surface area contributed by atoms with E-state index in [1.54, 1.807) is 9.58 Å². The average Bonchev–Trinajstić information content (AvgIpc) is 3.47. The van der Waals surface area contributed by atoms with Gasteiger partial charge in [0.1, 0.15) is 16.9 Å². The van der Waals surface area contributed by atoms with Crippen LogP contribution >= 0.6 is 0 Å². The van der Waals surface area contributed by atoms with Gasteiger partial charge in [0, 0.05) is 34.7 Å². The molecule has 2 aromatic carbocycles. The normalized spacial score (nSPS) is 17.9. The zero-order valence-electron chi connectivity index (χ0n) is 21.8. The van der Waals surface area contributed by atoms with Crippen LogP contribution in [0.15, 0.2) is 59.1 Å². The van der Waals surface area contributed by atoms with Gasteiger partial charge in [-0.05, 0) is 82.7 Å². The molecule has 2 aromatic heterocycles. The number of anilines is 1. The fourth-order valence-electron chi connectivity index (χ4n) is 5.35. The van der Waals surface area contributed by atoms with Crippen LogP contribution in [-0.4, -0.2) is 32.8 Å². The summed E-state index contributed by atoms with van der Waals surface area (Å²) in [6.07, 6.45) is 5.17. The van der Waals surface area contributed by atoms with Crippen molar-refractivity contribution in [2.75, 3.05) is 4.90 Å². The molecule has 0 aliphatic heterocycles. The number of hydrogen-bond acceptors (Lipinski definition) is 4. The first-order valence-electron chi connectivity index (χ1n) is 13.0. The van der Waals surface area contributed by atoms with Crippen molar-refractivity contribution in [1.29, 1.82) is 0 Å². The smallest absolute Gasteiger partial charge is 0.341 e. The minimum absolute atomic E-state index is 0.0171. The summed E-state index contributed by atoms with van der Waals surface area (Å²) in [6, 6.07) is 15.4. The molecule has 7 heteroatoms. The van der Waals surface area contributed by atoms with E-state index < -0.39 is 5.97 Å². The number of benzene rings is 2. The number of carbonyl (C=O) groups excluding carboxylic acids is 1.